The van der Waals surface area contributed by atoms with Crippen LogP contribution < -0.4 is 10.1 Å². The Morgan fingerprint density at radius 2 is 1.94 bits per heavy atom. The van der Waals surface area contributed by atoms with E-state index in [9.17, 15) is 14.7 Å². The van der Waals surface area contributed by atoms with Crippen molar-refractivity contribution in [1.82, 2.24) is 10.2 Å². The van der Waals surface area contributed by atoms with Crippen molar-refractivity contribution in [2.24, 2.45) is 0 Å². The molecule has 3 rings (SSSR count). The minimum Gasteiger partial charge on any atom is -0.482 e. The number of aliphatic hydroxyl groups excluding tert-OH is 2. The number of carbonyl (C=O) groups excluding carboxylic acids is 2. The number of para-hydroxylation sites is 1. The van der Waals surface area contributed by atoms with Crippen molar-refractivity contribution in [3.05, 3.63) is 39.5 Å². The molecule has 0 radical (unpaired) electrons. The van der Waals surface area contributed by atoms with Crippen LogP contribution in [0.4, 0.5) is 0 Å². The third-order valence-electron chi connectivity index (χ3n) is 6.36. The summed E-state index contributed by atoms with van der Waals surface area (Å²) in [5.74, 6) is 0.0926. The Morgan fingerprint density at radius 1 is 1.21 bits per heavy atom. The Morgan fingerprint density at radius 3 is 2.62 bits per heavy atom. The summed E-state index contributed by atoms with van der Waals surface area (Å²) >= 11 is 2.16. The van der Waals surface area contributed by atoms with Crippen LogP contribution in [0.15, 0.2) is 35.9 Å². The van der Waals surface area contributed by atoms with Crippen molar-refractivity contribution >= 4 is 34.4 Å². The first-order valence-electron chi connectivity index (χ1n) is 12.0. The summed E-state index contributed by atoms with van der Waals surface area (Å²) in [6.07, 6.45) is 4.92. The molecule has 0 aromatic heterocycles. The maximum atomic E-state index is 13.3. The lowest BCUT2D eigenvalue weighted by Gasteiger charge is -2.45. The van der Waals surface area contributed by atoms with Gasteiger partial charge in [-0.25, -0.2) is 0 Å². The number of nitrogens with one attached hydrogen (secondary N) is 1. The van der Waals surface area contributed by atoms with Crippen LogP contribution in [0.25, 0.3) is 0 Å². The molecule has 3 N–H and O–H groups in total. The maximum absolute atomic E-state index is 13.3. The number of benzene rings is 1. The highest BCUT2D eigenvalue weighted by Gasteiger charge is 2.43. The van der Waals surface area contributed by atoms with Gasteiger partial charge in [0.1, 0.15) is 24.6 Å². The van der Waals surface area contributed by atoms with Gasteiger partial charge in [-0.15, -0.1) is 0 Å². The Kier molecular flexibility index (Phi) is 10.6. The van der Waals surface area contributed by atoms with Crippen LogP contribution in [-0.4, -0.2) is 77.6 Å². The first kappa shape index (κ1) is 26.9. The zero-order chi connectivity index (χ0) is 24.5. The highest BCUT2D eigenvalue weighted by Crippen LogP contribution is 2.33. The second-order valence-corrected chi connectivity index (χ2v) is 9.84. The van der Waals surface area contributed by atoms with Gasteiger partial charge in [-0.2, -0.15) is 0 Å². The first-order valence-corrected chi connectivity index (χ1v) is 13.1. The summed E-state index contributed by atoms with van der Waals surface area (Å²) in [6.45, 7) is 2.15. The van der Waals surface area contributed by atoms with Gasteiger partial charge in [0.05, 0.1) is 16.2 Å². The second kappa shape index (κ2) is 13.4. The van der Waals surface area contributed by atoms with E-state index in [1.54, 1.807) is 11.0 Å². The summed E-state index contributed by atoms with van der Waals surface area (Å²) in [6, 6.07) is 6.83. The quantitative estimate of drug-likeness (QED) is 0.364. The Bertz CT molecular complexity index is 858. The third kappa shape index (κ3) is 6.93. The number of aliphatic hydroxyl groups is 2. The molecule has 0 saturated heterocycles. The fourth-order valence-corrected chi connectivity index (χ4v) is 5.23. The van der Waals surface area contributed by atoms with Crippen LogP contribution in [0.3, 0.4) is 0 Å². The standard InChI is InChI=1S/C25H35IN2O6/c1-2-33-16-23(30)28(18-8-4-3-5-9-18)20-14-17(25(32)27-12-13-29)15-22(24(20)31)34-21-11-7-6-10-19(21)26/h6-7,10-11,15,18,20,22,24,29,31H,2-5,8-9,12-14,16H2,1H3,(H,27,32)/t20-,22+,24+/m1/s1. The third-order valence-corrected chi connectivity index (χ3v) is 7.25. The van der Waals surface area contributed by atoms with Crippen molar-refractivity contribution < 1.29 is 29.3 Å². The number of hydrogen-bond acceptors (Lipinski definition) is 6. The molecule has 2 aliphatic rings. The molecule has 2 amide bonds. The molecule has 1 aromatic carbocycles. The summed E-state index contributed by atoms with van der Waals surface area (Å²) < 4.78 is 12.5. The van der Waals surface area contributed by atoms with Gasteiger partial charge in [-0.3, -0.25) is 9.59 Å². The fourth-order valence-electron chi connectivity index (χ4n) is 4.72. The summed E-state index contributed by atoms with van der Waals surface area (Å²) in [4.78, 5) is 27.9. The maximum Gasteiger partial charge on any atom is 0.249 e. The lowest BCUT2D eigenvalue weighted by Crippen LogP contribution is -2.59. The number of carbonyl (C=O) groups is 2. The number of halogens is 1. The normalized spacial score (nSPS) is 23.2. The zero-order valence-electron chi connectivity index (χ0n) is 19.6. The molecule has 188 valence electrons. The van der Waals surface area contributed by atoms with E-state index < -0.39 is 18.2 Å². The predicted octanol–water partition coefficient (Wildman–Crippen LogP) is 2.40. The number of ether oxygens (including phenoxy) is 2. The summed E-state index contributed by atoms with van der Waals surface area (Å²) in [7, 11) is 0. The largest absolute Gasteiger partial charge is 0.482 e. The molecule has 8 nitrogen and oxygen atoms in total. The van der Waals surface area contributed by atoms with Crippen LogP contribution in [0.5, 0.6) is 5.75 Å². The first-order chi connectivity index (χ1) is 16.5. The van der Waals surface area contributed by atoms with Gasteiger partial charge >= 0.3 is 0 Å². The van der Waals surface area contributed by atoms with E-state index in [2.05, 4.69) is 27.9 Å². The smallest absolute Gasteiger partial charge is 0.249 e. The van der Waals surface area contributed by atoms with Crippen molar-refractivity contribution in [2.75, 3.05) is 26.4 Å². The van der Waals surface area contributed by atoms with Crippen molar-refractivity contribution in [3.8, 4) is 5.75 Å². The molecule has 34 heavy (non-hydrogen) atoms. The fraction of sp³-hybridized carbons (Fsp3) is 0.600. The Balaban J connectivity index is 1.94. The number of nitrogens with zero attached hydrogens (tertiary/aromatic N) is 1. The zero-order valence-corrected chi connectivity index (χ0v) is 21.8. The average molecular weight is 586 g/mol. The lowest BCUT2D eigenvalue weighted by atomic mass is 9.85. The van der Waals surface area contributed by atoms with Crippen molar-refractivity contribution in [1.29, 1.82) is 0 Å². The van der Waals surface area contributed by atoms with E-state index in [0.29, 0.717) is 17.9 Å². The molecule has 3 atom stereocenters. The molecule has 0 spiro atoms. The van der Waals surface area contributed by atoms with Crippen LogP contribution in [0, 0.1) is 3.57 Å². The Hall–Kier alpha value is -1.69. The molecule has 2 aliphatic carbocycles. The molecule has 0 heterocycles. The van der Waals surface area contributed by atoms with Gasteiger partial charge in [0.25, 0.3) is 0 Å². The number of rotatable bonds is 10. The van der Waals surface area contributed by atoms with Crippen molar-refractivity contribution in [3.63, 3.8) is 0 Å². The topological polar surface area (TPSA) is 108 Å². The van der Waals surface area contributed by atoms with Gasteiger partial charge in [-0.05, 0) is 60.6 Å². The highest BCUT2D eigenvalue weighted by molar-refractivity contribution is 14.1. The lowest BCUT2D eigenvalue weighted by molar-refractivity contribution is -0.147. The summed E-state index contributed by atoms with van der Waals surface area (Å²) in [5.41, 5.74) is 0.435. The number of hydrogen-bond donors (Lipinski definition) is 3. The van der Waals surface area contributed by atoms with Crippen molar-refractivity contribution in [2.45, 2.75) is 69.7 Å². The van der Waals surface area contributed by atoms with Crippen LogP contribution in [0.2, 0.25) is 0 Å². The molecule has 0 aliphatic heterocycles. The molecule has 0 unspecified atom stereocenters. The van der Waals surface area contributed by atoms with E-state index in [1.807, 2.05) is 31.2 Å². The Labute approximate surface area is 214 Å². The molecule has 1 fully saturated rings. The monoisotopic (exact) mass is 586 g/mol. The van der Waals surface area contributed by atoms with Crippen LogP contribution in [-0.2, 0) is 14.3 Å². The van der Waals surface area contributed by atoms with E-state index in [4.69, 9.17) is 14.6 Å². The van der Waals surface area contributed by atoms with Gasteiger partial charge < -0.3 is 29.9 Å². The highest BCUT2D eigenvalue weighted by atomic mass is 127. The number of amides is 2. The minimum atomic E-state index is -1.02. The van der Waals surface area contributed by atoms with Gasteiger partial charge in [-0.1, -0.05) is 31.4 Å². The molecule has 1 aromatic rings. The molecular weight excluding hydrogens is 551 g/mol. The van der Waals surface area contributed by atoms with Gasteiger partial charge in [0.15, 0.2) is 0 Å². The van der Waals surface area contributed by atoms with Gasteiger partial charge in [0.2, 0.25) is 11.8 Å². The van der Waals surface area contributed by atoms with E-state index in [1.165, 1.54) is 0 Å². The minimum absolute atomic E-state index is 0.0151. The predicted molar refractivity (Wildman–Crippen MR) is 136 cm³/mol. The van der Waals surface area contributed by atoms with E-state index >= 15 is 0 Å². The summed E-state index contributed by atoms with van der Waals surface area (Å²) in [5, 5.41) is 23.3. The van der Waals surface area contributed by atoms with Gasteiger partial charge in [0, 0.05) is 31.2 Å². The molecule has 9 heteroatoms. The van der Waals surface area contributed by atoms with E-state index in [-0.39, 0.29) is 44.0 Å². The second-order valence-electron chi connectivity index (χ2n) is 8.68. The molecular formula is C25H35IN2O6. The molecule has 1 saturated carbocycles. The van der Waals surface area contributed by atoms with E-state index in [0.717, 1.165) is 35.7 Å². The molecule has 0 bridgehead atoms. The average Bonchev–Trinajstić information content (AvgIpc) is 2.85. The van der Waals surface area contributed by atoms with Crippen LogP contribution in [0.1, 0.15) is 45.4 Å². The van der Waals surface area contributed by atoms with Crippen LogP contribution >= 0.6 is 22.6 Å². The SMILES string of the molecule is CCOCC(=O)N(C1CCCCC1)[C@@H]1CC(C(=O)NCCO)=C[C@H](Oc2ccccc2I)[C@H]1O.